The van der Waals surface area contributed by atoms with Crippen LogP contribution in [0.15, 0.2) is 30.6 Å². The summed E-state index contributed by atoms with van der Waals surface area (Å²) in [6.07, 6.45) is 6.34. The topological polar surface area (TPSA) is 78.5 Å². The van der Waals surface area contributed by atoms with Crippen LogP contribution in [0.4, 0.5) is 0 Å². The SMILES string of the molecule is COc1ccc(C(=O)N2CCCC[C@@H]2c2ncc[nH]2)c(O)c1. The molecule has 116 valence electrons. The first-order chi connectivity index (χ1) is 10.7. The van der Waals surface area contributed by atoms with Crippen LogP contribution in [0.1, 0.15) is 41.5 Å². The molecule has 3 rings (SSSR count). The Bertz CT molecular complexity index is 655. The number of phenolic OH excluding ortho intramolecular Hbond substituents is 1. The maximum absolute atomic E-state index is 12.8. The van der Waals surface area contributed by atoms with Crippen molar-refractivity contribution in [3.63, 3.8) is 0 Å². The van der Waals surface area contributed by atoms with Gasteiger partial charge in [0.2, 0.25) is 0 Å². The van der Waals surface area contributed by atoms with Gasteiger partial charge in [-0.1, -0.05) is 0 Å². The number of piperidine rings is 1. The van der Waals surface area contributed by atoms with Crippen molar-refractivity contribution in [2.75, 3.05) is 13.7 Å². The van der Waals surface area contributed by atoms with Crippen molar-refractivity contribution in [3.05, 3.63) is 42.0 Å². The Kier molecular flexibility index (Phi) is 4.00. The zero-order valence-corrected chi connectivity index (χ0v) is 12.5. The van der Waals surface area contributed by atoms with Crippen molar-refractivity contribution in [3.8, 4) is 11.5 Å². The van der Waals surface area contributed by atoms with E-state index in [1.807, 2.05) is 0 Å². The van der Waals surface area contributed by atoms with Crippen molar-refractivity contribution in [1.82, 2.24) is 14.9 Å². The molecule has 2 heterocycles. The summed E-state index contributed by atoms with van der Waals surface area (Å²) in [5.74, 6) is 1.07. The van der Waals surface area contributed by atoms with Gasteiger partial charge in [-0.25, -0.2) is 4.98 Å². The maximum atomic E-state index is 12.8. The van der Waals surface area contributed by atoms with Gasteiger partial charge in [-0.05, 0) is 31.4 Å². The van der Waals surface area contributed by atoms with Crippen LogP contribution in [-0.2, 0) is 0 Å². The number of carbonyl (C=O) groups is 1. The molecule has 1 aliphatic heterocycles. The van der Waals surface area contributed by atoms with E-state index in [9.17, 15) is 9.90 Å². The molecule has 0 radical (unpaired) electrons. The van der Waals surface area contributed by atoms with Gasteiger partial charge in [-0.2, -0.15) is 0 Å². The van der Waals surface area contributed by atoms with Gasteiger partial charge in [0.05, 0.1) is 18.7 Å². The number of carbonyl (C=O) groups excluding carboxylic acids is 1. The minimum absolute atomic E-state index is 0.0619. The lowest BCUT2D eigenvalue weighted by atomic mass is 10.00. The number of H-pyrrole nitrogens is 1. The van der Waals surface area contributed by atoms with E-state index in [-0.39, 0.29) is 17.7 Å². The summed E-state index contributed by atoms with van der Waals surface area (Å²) in [5, 5.41) is 10.1. The molecule has 2 aromatic rings. The third kappa shape index (κ3) is 2.64. The number of nitrogens with zero attached hydrogens (tertiary/aromatic N) is 2. The molecule has 1 atom stereocenters. The standard InChI is InChI=1S/C16H19N3O3/c1-22-11-5-6-12(14(20)10-11)16(21)19-9-3-2-4-13(19)15-17-7-8-18-15/h5-8,10,13,20H,2-4,9H2,1H3,(H,17,18)/t13-/m1/s1. The normalized spacial score (nSPS) is 18.2. The number of imidazole rings is 1. The van der Waals surface area contributed by atoms with Crippen LogP contribution in [0.25, 0.3) is 0 Å². The van der Waals surface area contributed by atoms with Gasteiger partial charge in [-0.3, -0.25) is 4.79 Å². The zero-order valence-electron chi connectivity index (χ0n) is 12.5. The van der Waals surface area contributed by atoms with Crippen LogP contribution in [-0.4, -0.2) is 39.5 Å². The van der Waals surface area contributed by atoms with E-state index < -0.39 is 0 Å². The van der Waals surface area contributed by atoms with Crippen molar-refractivity contribution in [2.24, 2.45) is 0 Å². The Morgan fingerprint density at radius 2 is 2.32 bits per heavy atom. The second-order valence-corrected chi connectivity index (χ2v) is 5.37. The molecule has 0 saturated carbocycles. The highest BCUT2D eigenvalue weighted by molar-refractivity contribution is 5.97. The van der Waals surface area contributed by atoms with Gasteiger partial charge in [0, 0.05) is 25.0 Å². The fourth-order valence-electron chi connectivity index (χ4n) is 2.89. The Hall–Kier alpha value is -2.50. The number of aromatic hydroxyl groups is 1. The number of amides is 1. The van der Waals surface area contributed by atoms with Gasteiger partial charge in [0.25, 0.3) is 5.91 Å². The summed E-state index contributed by atoms with van der Waals surface area (Å²) in [4.78, 5) is 22.0. The molecule has 1 aromatic carbocycles. The number of ether oxygens (including phenoxy) is 1. The Morgan fingerprint density at radius 3 is 3.00 bits per heavy atom. The third-order valence-electron chi connectivity index (χ3n) is 4.03. The zero-order chi connectivity index (χ0) is 15.5. The molecule has 1 aliphatic rings. The molecule has 1 fully saturated rings. The van der Waals surface area contributed by atoms with Crippen molar-refractivity contribution in [2.45, 2.75) is 25.3 Å². The summed E-state index contributed by atoms with van der Waals surface area (Å²) >= 11 is 0. The van der Waals surface area contributed by atoms with Crippen LogP contribution in [0, 0.1) is 0 Å². The molecule has 2 N–H and O–H groups in total. The first-order valence-corrected chi connectivity index (χ1v) is 7.38. The second-order valence-electron chi connectivity index (χ2n) is 5.37. The summed E-state index contributed by atoms with van der Waals surface area (Å²) in [6, 6.07) is 4.67. The van der Waals surface area contributed by atoms with Crippen LogP contribution >= 0.6 is 0 Å². The second kappa shape index (κ2) is 6.09. The molecular weight excluding hydrogens is 282 g/mol. The van der Waals surface area contributed by atoms with Gasteiger partial charge in [-0.15, -0.1) is 0 Å². The predicted molar refractivity (Wildman–Crippen MR) is 80.9 cm³/mol. The number of rotatable bonds is 3. The minimum atomic E-state index is -0.179. The highest BCUT2D eigenvalue weighted by atomic mass is 16.5. The number of hydrogen-bond acceptors (Lipinski definition) is 4. The van der Waals surface area contributed by atoms with Crippen LogP contribution < -0.4 is 4.74 Å². The monoisotopic (exact) mass is 301 g/mol. The lowest BCUT2D eigenvalue weighted by molar-refractivity contribution is 0.0598. The lowest BCUT2D eigenvalue weighted by Gasteiger charge is -2.34. The third-order valence-corrected chi connectivity index (χ3v) is 4.03. The first kappa shape index (κ1) is 14.4. The Morgan fingerprint density at radius 1 is 1.45 bits per heavy atom. The maximum Gasteiger partial charge on any atom is 0.258 e. The number of benzene rings is 1. The molecule has 0 unspecified atom stereocenters. The van der Waals surface area contributed by atoms with E-state index in [1.165, 1.54) is 13.2 Å². The summed E-state index contributed by atoms with van der Waals surface area (Å²) in [6.45, 7) is 0.662. The van der Waals surface area contributed by atoms with Gasteiger partial charge >= 0.3 is 0 Å². The molecule has 0 spiro atoms. The first-order valence-electron chi connectivity index (χ1n) is 7.38. The number of aromatic amines is 1. The average Bonchev–Trinajstić information content (AvgIpc) is 3.08. The highest BCUT2D eigenvalue weighted by Crippen LogP contribution is 2.32. The number of phenols is 1. The number of nitrogens with one attached hydrogen (secondary N) is 1. The van der Waals surface area contributed by atoms with Gasteiger partial charge < -0.3 is 19.7 Å². The molecule has 0 bridgehead atoms. The van der Waals surface area contributed by atoms with E-state index in [0.29, 0.717) is 17.9 Å². The smallest absolute Gasteiger partial charge is 0.258 e. The molecule has 1 saturated heterocycles. The van der Waals surface area contributed by atoms with Crippen molar-refractivity contribution in [1.29, 1.82) is 0 Å². The van der Waals surface area contributed by atoms with E-state index in [2.05, 4.69) is 9.97 Å². The van der Waals surface area contributed by atoms with Crippen molar-refractivity contribution < 1.29 is 14.6 Å². The number of likely N-dealkylation sites (tertiary alicyclic amines) is 1. The number of hydrogen-bond donors (Lipinski definition) is 2. The fourth-order valence-corrected chi connectivity index (χ4v) is 2.89. The van der Waals surface area contributed by atoms with Crippen LogP contribution in [0.5, 0.6) is 11.5 Å². The number of aromatic nitrogens is 2. The largest absolute Gasteiger partial charge is 0.507 e. The molecule has 6 nitrogen and oxygen atoms in total. The van der Waals surface area contributed by atoms with Crippen LogP contribution in [0.2, 0.25) is 0 Å². The summed E-state index contributed by atoms with van der Waals surface area (Å²) < 4.78 is 5.06. The van der Waals surface area contributed by atoms with Crippen molar-refractivity contribution >= 4 is 5.91 Å². The molecule has 0 aliphatic carbocycles. The quantitative estimate of drug-likeness (QED) is 0.913. The molecule has 22 heavy (non-hydrogen) atoms. The van der Waals surface area contributed by atoms with E-state index in [4.69, 9.17) is 4.74 Å². The van der Waals surface area contributed by atoms with E-state index >= 15 is 0 Å². The minimum Gasteiger partial charge on any atom is -0.507 e. The average molecular weight is 301 g/mol. The molecule has 6 heteroatoms. The molecular formula is C16H19N3O3. The highest BCUT2D eigenvalue weighted by Gasteiger charge is 2.31. The van der Waals surface area contributed by atoms with Gasteiger partial charge in [0.1, 0.15) is 17.3 Å². The molecule has 1 amide bonds. The Balaban J connectivity index is 1.89. The summed E-state index contributed by atoms with van der Waals surface area (Å²) in [5.41, 5.74) is 0.291. The van der Waals surface area contributed by atoms with Gasteiger partial charge in [0.15, 0.2) is 0 Å². The predicted octanol–water partition coefficient (Wildman–Crippen LogP) is 2.49. The van der Waals surface area contributed by atoms with Crippen LogP contribution in [0.3, 0.4) is 0 Å². The lowest BCUT2D eigenvalue weighted by Crippen LogP contribution is -2.39. The van der Waals surface area contributed by atoms with E-state index in [1.54, 1.807) is 29.4 Å². The molecule has 1 aromatic heterocycles. The number of methoxy groups -OCH3 is 1. The fraction of sp³-hybridized carbons (Fsp3) is 0.375. The summed E-state index contributed by atoms with van der Waals surface area (Å²) in [7, 11) is 1.52. The van der Waals surface area contributed by atoms with E-state index in [0.717, 1.165) is 25.1 Å². The Labute approximate surface area is 128 Å².